The van der Waals surface area contributed by atoms with Crippen molar-refractivity contribution in [3.8, 4) is 0 Å². The first-order valence-corrected chi connectivity index (χ1v) is 8.69. The highest BCUT2D eigenvalue weighted by Crippen LogP contribution is 2.28. The first kappa shape index (κ1) is 17.7. The van der Waals surface area contributed by atoms with Gasteiger partial charge in [-0.2, -0.15) is 5.01 Å². The van der Waals surface area contributed by atoms with Gasteiger partial charge in [0.15, 0.2) is 5.17 Å². The van der Waals surface area contributed by atoms with Crippen LogP contribution in [0, 0.1) is 13.8 Å². The van der Waals surface area contributed by atoms with Crippen LogP contribution in [0.25, 0.3) is 0 Å². The van der Waals surface area contributed by atoms with Gasteiger partial charge in [-0.15, -0.1) is 0 Å². The van der Waals surface area contributed by atoms with Gasteiger partial charge in [0.1, 0.15) is 5.60 Å². The molecule has 0 saturated heterocycles. The van der Waals surface area contributed by atoms with Gasteiger partial charge in [-0.1, -0.05) is 23.9 Å². The maximum atomic E-state index is 12.8. The number of aliphatic imine (C=N–C) groups is 1. The zero-order valence-electron chi connectivity index (χ0n) is 14.7. The van der Waals surface area contributed by atoms with E-state index in [2.05, 4.69) is 4.99 Å². The Labute approximate surface area is 142 Å². The molecule has 0 aliphatic carbocycles. The van der Waals surface area contributed by atoms with Crippen molar-refractivity contribution in [1.29, 1.82) is 0 Å². The molecule has 1 heterocycles. The Morgan fingerprint density at radius 1 is 1.30 bits per heavy atom. The van der Waals surface area contributed by atoms with Crippen molar-refractivity contribution in [3.63, 3.8) is 0 Å². The lowest BCUT2D eigenvalue weighted by atomic mass is 10.1. The Bertz CT molecular complexity index is 623. The predicted octanol–water partition coefficient (Wildman–Crippen LogP) is 3.99. The van der Waals surface area contributed by atoms with Gasteiger partial charge in [0, 0.05) is 12.8 Å². The summed E-state index contributed by atoms with van der Waals surface area (Å²) in [6.07, 6.45) is -0.399. The number of anilines is 1. The zero-order chi connectivity index (χ0) is 17.2. The molecular weight excluding hydrogens is 310 g/mol. The number of carbonyl (C=O) groups is 1. The fourth-order valence-electron chi connectivity index (χ4n) is 2.26. The van der Waals surface area contributed by atoms with Crippen LogP contribution in [-0.2, 0) is 4.74 Å². The van der Waals surface area contributed by atoms with Gasteiger partial charge in [0.05, 0.1) is 12.2 Å². The van der Waals surface area contributed by atoms with Crippen LogP contribution in [0.4, 0.5) is 10.5 Å². The molecule has 0 bridgehead atoms. The van der Waals surface area contributed by atoms with E-state index in [9.17, 15) is 4.79 Å². The quantitative estimate of drug-likeness (QED) is 0.728. The van der Waals surface area contributed by atoms with Crippen molar-refractivity contribution >= 4 is 28.7 Å². The summed E-state index contributed by atoms with van der Waals surface area (Å²) in [5, 5.41) is 4.19. The van der Waals surface area contributed by atoms with E-state index < -0.39 is 11.7 Å². The van der Waals surface area contributed by atoms with Crippen molar-refractivity contribution in [2.24, 2.45) is 4.99 Å². The van der Waals surface area contributed by atoms with Crippen molar-refractivity contribution in [2.45, 2.75) is 40.2 Å². The van der Waals surface area contributed by atoms with Crippen LogP contribution < -0.4 is 5.01 Å². The lowest BCUT2D eigenvalue weighted by Crippen LogP contribution is -2.49. The van der Waals surface area contributed by atoms with E-state index in [1.54, 1.807) is 21.8 Å². The van der Waals surface area contributed by atoms with E-state index in [0.29, 0.717) is 0 Å². The second kappa shape index (κ2) is 6.83. The number of amidine groups is 1. The molecule has 0 fully saturated rings. The second-order valence-electron chi connectivity index (χ2n) is 6.55. The van der Waals surface area contributed by atoms with Crippen molar-refractivity contribution < 1.29 is 9.53 Å². The number of hydrogen-bond donors (Lipinski definition) is 0. The molecule has 1 amide bonds. The SMILES string of the molecule is Cc1cccc(N(C(=O)OC(C)(C)C)N(C)C2=NCCS2)c1C. The van der Waals surface area contributed by atoms with Crippen molar-refractivity contribution in [2.75, 3.05) is 24.4 Å². The molecule has 23 heavy (non-hydrogen) atoms. The number of rotatable bonds is 1. The van der Waals surface area contributed by atoms with Crippen LogP contribution in [0.15, 0.2) is 23.2 Å². The number of aryl methyl sites for hydroxylation is 1. The van der Waals surface area contributed by atoms with Crippen LogP contribution >= 0.6 is 11.8 Å². The number of hydrazine groups is 1. The summed E-state index contributed by atoms with van der Waals surface area (Å²) in [6.45, 7) is 10.4. The lowest BCUT2D eigenvalue weighted by Gasteiger charge is -2.35. The number of hydrogen-bond acceptors (Lipinski definition) is 5. The molecular formula is C17H25N3O2S. The average molecular weight is 335 g/mol. The van der Waals surface area contributed by atoms with E-state index in [-0.39, 0.29) is 0 Å². The molecule has 0 unspecified atom stereocenters. The predicted molar refractivity (Wildman–Crippen MR) is 97.2 cm³/mol. The molecule has 1 aromatic rings. The minimum atomic E-state index is -0.557. The van der Waals surface area contributed by atoms with E-state index >= 15 is 0 Å². The standard InChI is InChI=1S/C17H25N3O2S/c1-12-8-7-9-14(13(12)2)20(16(21)22-17(3,4)5)19(6)15-18-10-11-23-15/h7-9H,10-11H2,1-6H3. The highest BCUT2D eigenvalue weighted by molar-refractivity contribution is 8.14. The van der Waals surface area contributed by atoms with E-state index in [0.717, 1.165) is 34.3 Å². The summed E-state index contributed by atoms with van der Waals surface area (Å²) in [5.41, 5.74) is 2.44. The van der Waals surface area contributed by atoms with E-state index in [1.165, 1.54) is 0 Å². The molecule has 1 aliphatic heterocycles. The second-order valence-corrected chi connectivity index (χ2v) is 7.61. The number of carbonyl (C=O) groups excluding carboxylic acids is 1. The first-order valence-electron chi connectivity index (χ1n) is 7.71. The highest BCUT2D eigenvalue weighted by atomic mass is 32.2. The third-order valence-electron chi connectivity index (χ3n) is 3.52. The van der Waals surface area contributed by atoms with Crippen LogP contribution in [0.3, 0.4) is 0 Å². The monoisotopic (exact) mass is 335 g/mol. The zero-order valence-corrected chi connectivity index (χ0v) is 15.5. The first-order chi connectivity index (χ1) is 10.7. The maximum absolute atomic E-state index is 12.8. The summed E-state index contributed by atoms with van der Waals surface area (Å²) in [7, 11) is 1.85. The third kappa shape index (κ3) is 4.19. The number of amides is 1. The summed E-state index contributed by atoms with van der Waals surface area (Å²) < 4.78 is 5.61. The minimum absolute atomic E-state index is 0.399. The largest absolute Gasteiger partial charge is 0.442 e. The van der Waals surface area contributed by atoms with E-state index in [4.69, 9.17) is 4.74 Å². The minimum Gasteiger partial charge on any atom is -0.442 e. The number of ether oxygens (including phenoxy) is 1. The van der Waals surface area contributed by atoms with Crippen LogP contribution in [0.1, 0.15) is 31.9 Å². The highest BCUT2D eigenvalue weighted by Gasteiger charge is 2.30. The molecule has 126 valence electrons. The molecule has 1 aliphatic rings. The molecule has 2 rings (SSSR count). The van der Waals surface area contributed by atoms with Gasteiger partial charge in [-0.25, -0.2) is 4.79 Å². The topological polar surface area (TPSA) is 45.1 Å². The number of thioether (sulfide) groups is 1. The summed E-state index contributed by atoms with van der Waals surface area (Å²) >= 11 is 1.65. The molecule has 6 heteroatoms. The Morgan fingerprint density at radius 3 is 2.57 bits per heavy atom. The van der Waals surface area contributed by atoms with Crippen LogP contribution in [0.5, 0.6) is 0 Å². The van der Waals surface area contributed by atoms with Gasteiger partial charge in [-0.05, 0) is 51.8 Å². The Kier molecular flexibility index (Phi) is 5.24. The van der Waals surface area contributed by atoms with Gasteiger partial charge < -0.3 is 4.74 Å². The Hall–Kier alpha value is -1.69. The van der Waals surface area contributed by atoms with Crippen molar-refractivity contribution in [1.82, 2.24) is 5.01 Å². The fraction of sp³-hybridized carbons (Fsp3) is 0.529. The summed E-state index contributed by atoms with van der Waals surface area (Å²) in [4.78, 5) is 17.3. The maximum Gasteiger partial charge on any atom is 0.434 e. The smallest absolute Gasteiger partial charge is 0.434 e. The number of benzene rings is 1. The third-order valence-corrected chi connectivity index (χ3v) is 4.56. The van der Waals surface area contributed by atoms with Crippen LogP contribution in [-0.4, -0.2) is 41.2 Å². The van der Waals surface area contributed by atoms with Gasteiger partial charge >= 0.3 is 6.09 Å². The summed E-state index contributed by atoms with van der Waals surface area (Å²) in [6, 6.07) is 5.92. The Balaban J connectivity index is 2.42. The molecule has 0 aromatic heterocycles. The van der Waals surface area contributed by atoms with Crippen molar-refractivity contribution in [3.05, 3.63) is 29.3 Å². The normalized spacial score (nSPS) is 14.4. The Morgan fingerprint density at radius 2 is 2.00 bits per heavy atom. The molecule has 0 atom stereocenters. The lowest BCUT2D eigenvalue weighted by molar-refractivity contribution is 0.0524. The van der Waals surface area contributed by atoms with Crippen LogP contribution in [0.2, 0.25) is 0 Å². The molecule has 0 N–H and O–H groups in total. The summed E-state index contributed by atoms with van der Waals surface area (Å²) in [5.74, 6) is 0.939. The molecule has 0 spiro atoms. The van der Waals surface area contributed by atoms with Gasteiger partial charge in [0.25, 0.3) is 0 Å². The molecule has 0 saturated carbocycles. The number of nitrogens with zero attached hydrogens (tertiary/aromatic N) is 3. The molecule has 1 aromatic carbocycles. The van der Waals surface area contributed by atoms with Gasteiger partial charge in [0.2, 0.25) is 0 Å². The molecule has 5 nitrogen and oxygen atoms in total. The molecule has 0 radical (unpaired) electrons. The fourth-order valence-corrected chi connectivity index (χ4v) is 3.07. The van der Waals surface area contributed by atoms with Gasteiger partial charge in [-0.3, -0.25) is 10.0 Å². The average Bonchev–Trinajstić information content (AvgIpc) is 2.95. The van der Waals surface area contributed by atoms with E-state index in [1.807, 2.05) is 59.9 Å².